The third kappa shape index (κ3) is 8.24. The number of fused-ring (bicyclic) bond motifs is 32. The van der Waals surface area contributed by atoms with Crippen LogP contribution in [-0.4, -0.2) is 45.1 Å². The number of nitrogens with zero attached hydrogens (tertiary/aromatic N) is 4. The van der Waals surface area contributed by atoms with Gasteiger partial charge in [0.1, 0.15) is 46.0 Å². The molecule has 0 N–H and O–H groups in total. The number of rotatable bonds is 0. The van der Waals surface area contributed by atoms with Crippen LogP contribution in [0.3, 0.4) is 0 Å². The van der Waals surface area contributed by atoms with Crippen molar-refractivity contribution in [3.63, 3.8) is 0 Å². The Morgan fingerprint density at radius 1 is 0.205 bits per heavy atom. The van der Waals surface area contributed by atoms with Crippen molar-refractivity contribution in [2.45, 2.75) is 27.7 Å². The second-order valence-electron chi connectivity index (χ2n) is 31.3. The van der Waals surface area contributed by atoms with E-state index in [1.54, 1.807) is 0 Å². The number of hydrogen-bond donors (Lipinski definition) is 0. The highest BCUT2D eigenvalue weighted by atomic mass is 16.5. The predicted molar refractivity (Wildman–Crippen MR) is 467 cm³/mol. The first-order chi connectivity index (χ1) is 55.3. The van der Waals surface area contributed by atoms with Crippen LogP contribution >= 0.6 is 0 Å². The van der Waals surface area contributed by atoms with Crippen molar-refractivity contribution in [2.75, 3.05) is 0 Å². The zero-order chi connectivity index (χ0) is 73.6. The first kappa shape index (κ1) is 62.1. The molecule has 0 fully saturated rings. The summed E-state index contributed by atoms with van der Waals surface area (Å²) in [5.74, 6) is 7.79. The maximum atomic E-state index is 6.37. The molecule has 28 rings (SSSR count). The van der Waals surface area contributed by atoms with Gasteiger partial charge in [-0.25, -0.2) is 0 Å². The lowest BCUT2D eigenvalue weighted by atomic mass is 9.34. The third-order valence-corrected chi connectivity index (χ3v) is 25.4. The molecule has 8 aliphatic rings. The highest BCUT2D eigenvalue weighted by Gasteiger charge is 2.46. The zero-order valence-electron chi connectivity index (χ0n) is 61.8. The summed E-state index contributed by atoms with van der Waals surface area (Å²) in [6, 6.07) is 113. The van der Waals surface area contributed by atoms with E-state index in [1.165, 1.54) is 198 Å². The fourth-order valence-corrected chi connectivity index (χ4v) is 21.1. The fraction of sp³-hybridized carbons (Fsp3) is 0.0400. The van der Waals surface area contributed by atoms with Gasteiger partial charge in [-0.3, -0.25) is 0 Å². The van der Waals surface area contributed by atoms with Gasteiger partial charge in [-0.2, -0.15) is 0 Å². The maximum absolute atomic E-state index is 6.37. The van der Waals surface area contributed by atoms with E-state index in [1.807, 2.05) is 0 Å². The summed E-state index contributed by atoms with van der Waals surface area (Å²) in [7, 11) is 0. The summed E-state index contributed by atoms with van der Waals surface area (Å²) in [4.78, 5) is 0. The van der Waals surface area contributed by atoms with Crippen LogP contribution in [0.15, 0.2) is 315 Å². The summed E-state index contributed by atoms with van der Waals surface area (Å²) in [5.41, 5.74) is 36.3. The molecular formula is C100H64B4N4O4. The van der Waals surface area contributed by atoms with Gasteiger partial charge >= 0.3 is 0 Å². The van der Waals surface area contributed by atoms with Gasteiger partial charge in [0.2, 0.25) is 0 Å². The molecule has 12 heteroatoms. The molecule has 8 nitrogen and oxygen atoms in total. The average Bonchev–Trinajstić information content (AvgIpc) is 1.51. The normalized spacial score (nSPS) is 13.4. The maximum Gasteiger partial charge on any atom is 0.256 e. The van der Waals surface area contributed by atoms with Crippen molar-refractivity contribution in [2.24, 2.45) is 0 Å². The summed E-state index contributed by atoms with van der Waals surface area (Å²) >= 11 is 0. The van der Waals surface area contributed by atoms with Crippen LogP contribution in [0, 0.1) is 27.7 Å². The molecule has 20 aromatic rings. The van der Waals surface area contributed by atoms with Crippen molar-refractivity contribution in [3.8, 4) is 68.7 Å². The van der Waals surface area contributed by atoms with Gasteiger partial charge in [0.05, 0.1) is 44.1 Å². The van der Waals surface area contributed by atoms with Crippen LogP contribution in [0.2, 0.25) is 0 Å². The minimum Gasteiger partial charge on any atom is -0.458 e. The Kier molecular flexibility index (Phi) is 12.7. The van der Waals surface area contributed by atoms with Crippen molar-refractivity contribution < 1.29 is 18.9 Å². The van der Waals surface area contributed by atoms with Crippen molar-refractivity contribution in [1.82, 2.24) is 18.3 Å². The number of hydrogen-bond acceptors (Lipinski definition) is 4. The highest BCUT2D eigenvalue weighted by molar-refractivity contribution is 7.01. The Labute approximate surface area is 646 Å². The second kappa shape index (κ2) is 22.9. The molecule has 520 valence electrons. The van der Waals surface area contributed by atoms with Crippen molar-refractivity contribution >= 4 is 180 Å². The first-order valence-corrected chi connectivity index (χ1v) is 39.0. The van der Waals surface area contributed by atoms with Gasteiger partial charge in [-0.15, -0.1) is 0 Å². The molecular weight excluding hydrogens is 1360 g/mol. The van der Waals surface area contributed by atoms with E-state index >= 15 is 0 Å². The largest absolute Gasteiger partial charge is 0.458 e. The van der Waals surface area contributed by atoms with E-state index in [9.17, 15) is 0 Å². The SMILES string of the molecule is Cc1ccc2c(c1)-n1c3ccccc3c3ccc4c(c31)B2c1ccccc1O4.Cc1cccc2c1-n1c3ccccc3c3ccc4c(c31)B2c1ccccc1O4.Cc1cccc2c1-n1c3ccccc3c3ccc4c(c31)B2c1ccccc1O4.Cc1cccc2c3ccc4c5c3n(c12)-c1ccccc1B5c1ccccc1O4. The molecule has 12 heterocycles. The van der Waals surface area contributed by atoms with Gasteiger partial charge in [0.15, 0.2) is 0 Å². The third-order valence-electron chi connectivity index (χ3n) is 25.4. The zero-order valence-corrected chi connectivity index (χ0v) is 61.8. The van der Waals surface area contributed by atoms with Crippen LogP contribution in [0.5, 0.6) is 46.0 Å². The number of benzene rings is 16. The summed E-state index contributed by atoms with van der Waals surface area (Å²) in [6.45, 7) is 9.64. The lowest BCUT2D eigenvalue weighted by Gasteiger charge is -2.33. The molecule has 16 aromatic carbocycles. The quantitative estimate of drug-likeness (QED) is 0.142. The van der Waals surface area contributed by atoms with Crippen LogP contribution in [0.1, 0.15) is 22.3 Å². The monoisotopic (exact) mass is 1430 g/mol. The Morgan fingerprint density at radius 3 is 0.973 bits per heavy atom. The van der Waals surface area contributed by atoms with E-state index in [4.69, 9.17) is 18.9 Å². The molecule has 0 amide bonds. The summed E-state index contributed by atoms with van der Waals surface area (Å²) in [5, 5.41) is 10.4. The molecule has 0 spiro atoms. The molecule has 0 saturated carbocycles. The van der Waals surface area contributed by atoms with Crippen LogP contribution in [0.25, 0.3) is 110 Å². The van der Waals surface area contributed by atoms with Crippen molar-refractivity contribution in [3.05, 3.63) is 338 Å². The molecule has 112 heavy (non-hydrogen) atoms. The lowest BCUT2D eigenvalue weighted by Crippen LogP contribution is -2.58. The number of aromatic nitrogens is 4. The second-order valence-corrected chi connectivity index (χ2v) is 31.3. The van der Waals surface area contributed by atoms with Crippen LogP contribution in [-0.2, 0) is 0 Å². The van der Waals surface area contributed by atoms with E-state index in [0.717, 1.165) is 46.0 Å². The van der Waals surface area contributed by atoms with Gasteiger partial charge in [-0.05, 0) is 219 Å². The predicted octanol–water partition coefficient (Wildman–Crippen LogP) is 16.1. The average molecular weight is 1430 g/mol. The first-order valence-electron chi connectivity index (χ1n) is 39.0. The van der Waals surface area contributed by atoms with Crippen LogP contribution < -0.4 is 84.5 Å². The molecule has 0 aliphatic carbocycles. The standard InChI is InChI=1S/4C25H16BNO/c1-15-7-6-8-16-17-13-14-22-23-25(17)27(24(15)16)20-11-4-2-9-18(20)26(23)19-10-3-5-12-21(19)28-22;2*1-15-7-6-10-19-24(15)27-20-11-4-2-8-16(20)17-13-14-22-23(25(17)27)26(19)18-9-3-5-12-21(18)28-22;1-15-10-12-18-21(14-15)27-20-8-4-2-6-16(20)17-11-13-23-24(25(17)27)26(18)19-7-3-5-9-22(19)28-23/h4*2-14H,1H3. The van der Waals surface area contributed by atoms with E-state index in [0.29, 0.717) is 0 Å². The smallest absolute Gasteiger partial charge is 0.256 e. The Morgan fingerprint density at radius 2 is 0.518 bits per heavy atom. The minimum atomic E-state index is 0.204. The van der Waals surface area contributed by atoms with E-state index < -0.39 is 0 Å². The van der Waals surface area contributed by atoms with E-state index in [2.05, 4.69) is 361 Å². The number of para-hydroxylation sites is 11. The topological polar surface area (TPSA) is 56.6 Å². The van der Waals surface area contributed by atoms with Gasteiger partial charge in [0.25, 0.3) is 26.9 Å². The van der Waals surface area contributed by atoms with Crippen molar-refractivity contribution in [1.29, 1.82) is 0 Å². The molecule has 0 unspecified atom stereocenters. The van der Waals surface area contributed by atoms with Gasteiger partial charge < -0.3 is 37.2 Å². The molecule has 0 atom stereocenters. The fourth-order valence-electron chi connectivity index (χ4n) is 21.1. The summed E-state index contributed by atoms with van der Waals surface area (Å²) < 4.78 is 35.3. The molecule has 0 bridgehead atoms. The van der Waals surface area contributed by atoms with E-state index in [-0.39, 0.29) is 26.9 Å². The minimum absolute atomic E-state index is 0.204. The van der Waals surface area contributed by atoms with Crippen LogP contribution in [0.4, 0.5) is 0 Å². The summed E-state index contributed by atoms with van der Waals surface area (Å²) in [6.07, 6.45) is 0. The molecule has 4 aromatic heterocycles. The van der Waals surface area contributed by atoms with Gasteiger partial charge in [0, 0.05) is 65.8 Å². The number of ether oxygens (including phenoxy) is 4. The molecule has 8 aliphatic heterocycles. The molecule has 0 radical (unpaired) electrons. The Hall–Kier alpha value is -13.8. The lowest BCUT2D eigenvalue weighted by molar-refractivity contribution is 0.487. The van der Waals surface area contributed by atoms with Gasteiger partial charge in [-0.1, -0.05) is 212 Å². The Bertz CT molecular complexity index is 7430. The molecule has 0 saturated heterocycles. The Balaban J connectivity index is 0.0000000847. The highest BCUT2D eigenvalue weighted by Crippen LogP contribution is 2.45. The number of aryl methyl sites for hydroxylation is 4.